The van der Waals surface area contributed by atoms with Crippen LogP contribution in [0.3, 0.4) is 0 Å². The molecule has 0 aromatic heterocycles. The number of nitrogens with two attached hydrogens (primary N) is 2. The lowest BCUT2D eigenvalue weighted by atomic mass is 10.3. The van der Waals surface area contributed by atoms with E-state index in [2.05, 4.69) is 6.92 Å². The Balaban J connectivity index is 0.000000265. The molecule has 15 heavy (non-hydrogen) atoms. The molecular formula is C12H22N2O. The van der Waals surface area contributed by atoms with E-state index in [1.54, 1.807) is 18.2 Å². The minimum absolute atomic E-state index is 0.713. The van der Waals surface area contributed by atoms with E-state index in [1.807, 2.05) is 13.0 Å². The maximum atomic E-state index is 5.38. The van der Waals surface area contributed by atoms with Crippen molar-refractivity contribution < 1.29 is 4.74 Å². The average Bonchev–Trinajstić information content (AvgIpc) is 2.19. The summed E-state index contributed by atoms with van der Waals surface area (Å²) in [5.74, 6) is 0. The highest BCUT2D eigenvalue weighted by Gasteiger charge is 1.81. The topological polar surface area (TPSA) is 61.3 Å². The molecule has 0 spiro atoms. The fraction of sp³-hybridized carbons (Fsp3) is 0.500. The number of benzene rings is 1. The van der Waals surface area contributed by atoms with E-state index in [0.29, 0.717) is 11.4 Å². The molecule has 0 aliphatic rings. The summed E-state index contributed by atoms with van der Waals surface area (Å²) in [7, 11) is 0. The molecule has 0 radical (unpaired) electrons. The summed E-state index contributed by atoms with van der Waals surface area (Å²) in [5.41, 5.74) is 12.2. The lowest BCUT2D eigenvalue weighted by Crippen LogP contribution is -1.90. The van der Waals surface area contributed by atoms with Gasteiger partial charge in [0.25, 0.3) is 0 Å². The van der Waals surface area contributed by atoms with Crippen molar-refractivity contribution in [1.82, 2.24) is 0 Å². The van der Waals surface area contributed by atoms with Gasteiger partial charge in [-0.25, -0.2) is 0 Å². The maximum absolute atomic E-state index is 5.38. The van der Waals surface area contributed by atoms with E-state index in [-0.39, 0.29) is 0 Å². The molecule has 1 aromatic rings. The molecule has 0 unspecified atom stereocenters. The Morgan fingerprint density at radius 3 is 2.07 bits per heavy atom. The number of unbranched alkanes of at least 4 members (excludes halogenated alkanes) is 1. The first kappa shape index (κ1) is 13.8. The molecular weight excluding hydrogens is 188 g/mol. The Morgan fingerprint density at radius 2 is 1.73 bits per heavy atom. The van der Waals surface area contributed by atoms with Gasteiger partial charge in [0.15, 0.2) is 0 Å². The molecule has 0 amide bonds. The van der Waals surface area contributed by atoms with Crippen molar-refractivity contribution in [2.24, 2.45) is 0 Å². The third kappa shape index (κ3) is 9.09. The van der Waals surface area contributed by atoms with E-state index in [4.69, 9.17) is 16.2 Å². The number of anilines is 2. The Kier molecular flexibility index (Phi) is 8.58. The first-order valence-electron chi connectivity index (χ1n) is 5.39. The van der Waals surface area contributed by atoms with Gasteiger partial charge in [0, 0.05) is 24.6 Å². The van der Waals surface area contributed by atoms with Crippen molar-refractivity contribution in [1.29, 1.82) is 0 Å². The highest BCUT2D eigenvalue weighted by molar-refractivity contribution is 5.50. The lowest BCUT2D eigenvalue weighted by molar-refractivity contribution is 0.144. The molecule has 3 nitrogen and oxygen atoms in total. The predicted molar refractivity (Wildman–Crippen MR) is 66.7 cm³/mol. The molecule has 1 rings (SSSR count). The molecule has 0 bridgehead atoms. The van der Waals surface area contributed by atoms with Crippen LogP contribution in [0.2, 0.25) is 0 Å². The summed E-state index contributed by atoms with van der Waals surface area (Å²) < 4.78 is 5.07. The van der Waals surface area contributed by atoms with Crippen LogP contribution < -0.4 is 11.5 Å². The Morgan fingerprint density at radius 1 is 1.13 bits per heavy atom. The quantitative estimate of drug-likeness (QED) is 0.593. The summed E-state index contributed by atoms with van der Waals surface area (Å²) in [4.78, 5) is 0. The van der Waals surface area contributed by atoms with Crippen LogP contribution in [0.1, 0.15) is 26.7 Å². The van der Waals surface area contributed by atoms with Crippen LogP contribution in [0, 0.1) is 0 Å². The summed E-state index contributed by atoms with van der Waals surface area (Å²) >= 11 is 0. The van der Waals surface area contributed by atoms with Crippen molar-refractivity contribution in [3.05, 3.63) is 24.3 Å². The standard InChI is InChI=1S/C6H8N2.C6H14O/c7-5-2-1-3-6(8)4-5;1-3-5-6-7-4-2/h1-4H,7-8H2;3-6H2,1-2H3. The molecule has 0 saturated carbocycles. The summed E-state index contributed by atoms with van der Waals surface area (Å²) in [6, 6.07) is 7.15. The SMILES string of the molecule is CCCCOCC.Nc1cccc(N)c1. The fourth-order valence-electron chi connectivity index (χ4n) is 0.950. The fourth-order valence-corrected chi connectivity index (χ4v) is 0.950. The lowest BCUT2D eigenvalue weighted by Gasteiger charge is -1.94. The second-order valence-electron chi connectivity index (χ2n) is 3.22. The second-order valence-corrected chi connectivity index (χ2v) is 3.22. The number of rotatable bonds is 4. The zero-order chi connectivity index (χ0) is 11.5. The van der Waals surface area contributed by atoms with Crippen molar-refractivity contribution in [2.75, 3.05) is 24.7 Å². The van der Waals surface area contributed by atoms with Gasteiger partial charge in [-0.3, -0.25) is 0 Å². The summed E-state index contributed by atoms with van der Waals surface area (Å²) in [5, 5.41) is 0. The van der Waals surface area contributed by atoms with Crippen LogP contribution in [0.4, 0.5) is 11.4 Å². The minimum Gasteiger partial charge on any atom is -0.399 e. The van der Waals surface area contributed by atoms with Gasteiger partial charge in [-0.15, -0.1) is 0 Å². The van der Waals surface area contributed by atoms with E-state index >= 15 is 0 Å². The van der Waals surface area contributed by atoms with Crippen LogP contribution in [0.25, 0.3) is 0 Å². The predicted octanol–water partition coefficient (Wildman–Crippen LogP) is 2.67. The minimum atomic E-state index is 0.713. The van der Waals surface area contributed by atoms with E-state index < -0.39 is 0 Å². The number of ether oxygens (including phenoxy) is 1. The third-order valence-electron chi connectivity index (χ3n) is 1.76. The second kappa shape index (κ2) is 9.34. The summed E-state index contributed by atoms with van der Waals surface area (Å²) in [6.07, 6.45) is 2.44. The normalized spacial score (nSPS) is 9.20. The smallest absolute Gasteiger partial charge is 0.0465 e. The van der Waals surface area contributed by atoms with Gasteiger partial charge in [-0.2, -0.15) is 0 Å². The van der Waals surface area contributed by atoms with Crippen LogP contribution in [0.15, 0.2) is 24.3 Å². The van der Waals surface area contributed by atoms with Gasteiger partial charge in [0.05, 0.1) is 0 Å². The molecule has 1 aromatic carbocycles. The monoisotopic (exact) mass is 210 g/mol. The van der Waals surface area contributed by atoms with Gasteiger partial charge in [-0.05, 0) is 31.5 Å². The Hall–Kier alpha value is -1.22. The van der Waals surface area contributed by atoms with Crippen LogP contribution in [-0.2, 0) is 4.74 Å². The number of nitrogen functional groups attached to an aromatic ring is 2. The van der Waals surface area contributed by atoms with Crippen LogP contribution >= 0.6 is 0 Å². The Labute approximate surface area is 92.4 Å². The van der Waals surface area contributed by atoms with Crippen molar-refractivity contribution in [3.63, 3.8) is 0 Å². The van der Waals surface area contributed by atoms with E-state index in [9.17, 15) is 0 Å². The molecule has 86 valence electrons. The molecule has 0 atom stereocenters. The maximum Gasteiger partial charge on any atom is 0.0465 e. The van der Waals surface area contributed by atoms with Gasteiger partial charge >= 0.3 is 0 Å². The number of hydrogen-bond acceptors (Lipinski definition) is 3. The third-order valence-corrected chi connectivity index (χ3v) is 1.76. The Bertz CT molecular complexity index is 230. The molecule has 3 heteroatoms. The first-order chi connectivity index (χ1) is 7.20. The van der Waals surface area contributed by atoms with E-state index in [1.165, 1.54) is 12.8 Å². The molecule has 0 aliphatic heterocycles. The van der Waals surface area contributed by atoms with Crippen LogP contribution in [0.5, 0.6) is 0 Å². The highest BCUT2D eigenvalue weighted by Crippen LogP contribution is 2.06. The molecule has 0 heterocycles. The molecule has 0 fully saturated rings. The molecule has 0 aliphatic carbocycles. The van der Waals surface area contributed by atoms with Crippen molar-refractivity contribution in [2.45, 2.75) is 26.7 Å². The summed E-state index contributed by atoms with van der Waals surface area (Å²) in [6.45, 7) is 5.99. The van der Waals surface area contributed by atoms with Gasteiger partial charge in [0.1, 0.15) is 0 Å². The van der Waals surface area contributed by atoms with E-state index in [0.717, 1.165) is 13.2 Å². The number of hydrogen-bond donors (Lipinski definition) is 2. The van der Waals surface area contributed by atoms with Gasteiger partial charge in [-0.1, -0.05) is 19.4 Å². The zero-order valence-electron chi connectivity index (χ0n) is 9.70. The van der Waals surface area contributed by atoms with Gasteiger partial charge in [0.2, 0.25) is 0 Å². The average molecular weight is 210 g/mol. The largest absolute Gasteiger partial charge is 0.399 e. The molecule has 4 N–H and O–H groups in total. The van der Waals surface area contributed by atoms with Gasteiger partial charge < -0.3 is 16.2 Å². The van der Waals surface area contributed by atoms with Crippen molar-refractivity contribution >= 4 is 11.4 Å². The molecule has 0 saturated heterocycles. The first-order valence-corrected chi connectivity index (χ1v) is 5.39. The van der Waals surface area contributed by atoms with Crippen molar-refractivity contribution in [3.8, 4) is 0 Å². The zero-order valence-corrected chi connectivity index (χ0v) is 9.70. The highest BCUT2D eigenvalue weighted by atomic mass is 16.5. The van der Waals surface area contributed by atoms with Crippen LogP contribution in [-0.4, -0.2) is 13.2 Å².